The number of aromatic amines is 1. The van der Waals surface area contributed by atoms with E-state index in [1.807, 2.05) is 60.8 Å². The fourth-order valence-electron chi connectivity index (χ4n) is 2.69. The number of benzene rings is 2. The Labute approximate surface area is 144 Å². The first-order valence-corrected chi connectivity index (χ1v) is 8.07. The van der Waals surface area contributed by atoms with Gasteiger partial charge in [-0.3, -0.25) is 4.79 Å². The summed E-state index contributed by atoms with van der Waals surface area (Å²) >= 11 is 0. The third kappa shape index (κ3) is 3.42. The molecule has 2 aromatic heterocycles. The van der Waals surface area contributed by atoms with Crippen LogP contribution < -0.4 is 5.32 Å². The van der Waals surface area contributed by atoms with Gasteiger partial charge in [-0.05, 0) is 29.8 Å². The Morgan fingerprint density at radius 1 is 1.08 bits per heavy atom. The molecule has 0 spiro atoms. The van der Waals surface area contributed by atoms with E-state index in [9.17, 15) is 4.79 Å². The smallest absolute Gasteiger partial charge is 0.224 e. The number of carbonyl (C=O) groups is 1. The van der Waals surface area contributed by atoms with Gasteiger partial charge in [-0.1, -0.05) is 30.3 Å². The minimum absolute atomic E-state index is 0.0620. The fourth-order valence-corrected chi connectivity index (χ4v) is 2.69. The van der Waals surface area contributed by atoms with E-state index in [1.165, 1.54) is 0 Å². The molecule has 0 unspecified atom stereocenters. The van der Waals surface area contributed by atoms with Crippen LogP contribution in [0, 0.1) is 0 Å². The molecule has 0 saturated heterocycles. The second-order valence-corrected chi connectivity index (χ2v) is 5.78. The summed E-state index contributed by atoms with van der Waals surface area (Å²) in [7, 11) is 0. The normalized spacial score (nSPS) is 10.9. The van der Waals surface area contributed by atoms with Crippen LogP contribution in [-0.2, 0) is 17.8 Å². The molecule has 0 fully saturated rings. The van der Waals surface area contributed by atoms with Crippen molar-refractivity contribution in [2.24, 2.45) is 0 Å². The highest BCUT2D eigenvalue weighted by molar-refractivity contribution is 5.78. The van der Waals surface area contributed by atoms with E-state index in [0.29, 0.717) is 6.54 Å². The topological polar surface area (TPSA) is 75.6 Å². The Bertz CT molecular complexity index is 970. The van der Waals surface area contributed by atoms with Gasteiger partial charge in [0.2, 0.25) is 5.91 Å². The van der Waals surface area contributed by atoms with E-state index in [4.69, 9.17) is 0 Å². The van der Waals surface area contributed by atoms with Crippen LogP contribution in [0.4, 0.5) is 0 Å². The third-order valence-corrected chi connectivity index (χ3v) is 3.91. The maximum absolute atomic E-state index is 12.2. The van der Waals surface area contributed by atoms with Crippen LogP contribution in [0.25, 0.3) is 16.7 Å². The molecule has 4 rings (SSSR count). The molecule has 0 atom stereocenters. The van der Waals surface area contributed by atoms with Crippen LogP contribution in [0.1, 0.15) is 11.4 Å². The Hall–Kier alpha value is -3.41. The van der Waals surface area contributed by atoms with Gasteiger partial charge in [-0.25, -0.2) is 9.67 Å². The van der Waals surface area contributed by atoms with Gasteiger partial charge >= 0.3 is 0 Å². The van der Waals surface area contributed by atoms with E-state index < -0.39 is 0 Å². The maximum Gasteiger partial charge on any atom is 0.224 e. The summed E-state index contributed by atoms with van der Waals surface area (Å²) in [4.78, 5) is 19.8. The number of amides is 1. The second-order valence-electron chi connectivity index (χ2n) is 5.78. The number of H-pyrrole nitrogens is 1. The average Bonchev–Trinajstić information content (AvgIpc) is 3.27. The molecular formula is C19H17N5O. The number of aromatic nitrogens is 4. The minimum Gasteiger partial charge on any atom is -0.349 e. The summed E-state index contributed by atoms with van der Waals surface area (Å²) in [5.41, 5.74) is 3.70. The molecule has 2 heterocycles. The molecule has 25 heavy (non-hydrogen) atoms. The average molecular weight is 331 g/mol. The Morgan fingerprint density at radius 3 is 2.72 bits per heavy atom. The monoisotopic (exact) mass is 331 g/mol. The lowest BCUT2D eigenvalue weighted by Crippen LogP contribution is -2.24. The molecule has 6 heteroatoms. The lowest BCUT2D eigenvalue weighted by molar-refractivity contribution is -0.120. The van der Waals surface area contributed by atoms with Gasteiger partial charge in [0.15, 0.2) is 0 Å². The van der Waals surface area contributed by atoms with Gasteiger partial charge in [-0.2, -0.15) is 5.10 Å². The second kappa shape index (κ2) is 6.60. The van der Waals surface area contributed by atoms with Crippen LogP contribution in [-0.4, -0.2) is 25.7 Å². The number of hydrogen-bond donors (Lipinski definition) is 2. The molecule has 124 valence electrons. The highest BCUT2D eigenvalue weighted by Crippen LogP contribution is 2.10. The highest BCUT2D eigenvalue weighted by Gasteiger charge is 2.08. The molecule has 0 aliphatic carbocycles. The van der Waals surface area contributed by atoms with Crippen molar-refractivity contribution in [2.45, 2.75) is 13.0 Å². The number of carbonyl (C=O) groups excluding carboxylic acids is 1. The van der Waals surface area contributed by atoms with E-state index in [1.54, 1.807) is 10.9 Å². The molecule has 4 aromatic rings. The maximum atomic E-state index is 12.2. The van der Waals surface area contributed by atoms with Gasteiger partial charge in [-0.15, -0.1) is 0 Å². The van der Waals surface area contributed by atoms with Gasteiger partial charge in [0.1, 0.15) is 5.82 Å². The third-order valence-electron chi connectivity index (χ3n) is 3.91. The van der Waals surface area contributed by atoms with Crippen molar-refractivity contribution in [1.82, 2.24) is 25.1 Å². The number of nitrogens with one attached hydrogen (secondary N) is 2. The predicted octanol–water partition coefficient (Wildman–Crippen LogP) is 2.61. The minimum atomic E-state index is -0.0620. The van der Waals surface area contributed by atoms with Crippen LogP contribution in [0.5, 0.6) is 0 Å². The highest BCUT2D eigenvalue weighted by atomic mass is 16.1. The molecule has 1 amide bonds. The van der Waals surface area contributed by atoms with Gasteiger partial charge < -0.3 is 10.3 Å². The van der Waals surface area contributed by atoms with Crippen LogP contribution in [0.15, 0.2) is 67.0 Å². The predicted molar refractivity (Wildman–Crippen MR) is 95.2 cm³/mol. The number of hydrogen-bond acceptors (Lipinski definition) is 3. The first-order chi connectivity index (χ1) is 12.3. The van der Waals surface area contributed by atoms with Crippen LogP contribution in [0.2, 0.25) is 0 Å². The van der Waals surface area contributed by atoms with Crippen molar-refractivity contribution >= 4 is 16.9 Å². The standard InChI is InChI=1S/C19H17N5O/c25-19(20-12-18-22-16-8-4-5-9-17(16)23-18)10-14-11-21-24(13-14)15-6-2-1-3-7-15/h1-9,11,13H,10,12H2,(H,20,25)(H,22,23). The molecule has 2 aromatic carbocycles. The number of nitrogens with zero attached hydrogens (tertiary/aromatic N) is 3. The molecule has 0 radical (unpaired) electrons. The largest absolute Gasteiger partial charge is 0.349 e. The van der Waals surface area contributed by atoms with Crippen molar-refractivity contribution < 1.29 is 4.79 Å². The lowest BCUT2D eigenvalue weighted by atomic mass is 10.2. The number of para-hydroxylation sites is 3. The summed E-state index contributed by atoms with van der Waals surface area (Å²) < 4.78 is 1.77. The van der Waals surface area contributed by atoms with Crippen molar-refractivity contribution in [3.8, 4) is 5.69 Å². The fraction of sp³-hybridized carbons (Fsp3) is 0.105. The summed E-state index contributed by atoms with van der Waals surface area (Å²) in [6, 6.07) is 17.6. The lowest BCUT2D eigenvalue weighted by Gasteiger charge is -2.02. The molecule has 6 nitrogen and oxygen atoms in total. The van der Waals surface area contributed by atoms with E-state index >= 15 is 0 Å². The number of rotatable bonds is 5. The summed E-state index contributed by atoms with van der Waals surface area (Å²) in [6.45, 7) is 0.375. The molecule has 0 saturated carbocycles. The van der Waals surface area contributed by atoms with Gasteiger partial charge in [0.05, 0.1) is 35.9 Å². The summed E-state index contributed by atoms with van der Waals surface area (Å²) in [6.07, 6.45) is 3.87. The van der Waals surface area contributed by atoms with Crippen LogP contribution >= 0.6 is 0 Å². The Kier molecular flexibility index (Phi) is 4.00. The van der Waals surface area contributed by atoms with Gasteiger partial charge in [0, 0.05) is 6.20 Å². The number of fused-ring (bicyclic) bond motifs is 1. The zero-order valence-corrected chi connectivity index (χ0v) is 13.5. The summed E-state index contributed by atoms with van der Waals surface area (Å²) in [5, 5.41) is 7.19. The van der Waals surface area contributed by atoms with E-state index in [-0.39, 0.29) is 12.3 Å². The first kappa shape index (κ1) is 15.1. The molecule has 0 bridgehead atoms. The Balaban J connectivity index is 1.37. The quantitative estimate of drug-likeness (QED) is 0.590. The Morgan fingerprint density at radius 2 is 1.88 bits per heavy atom. The van der Waals surface area contributed by atoms with Gasteiger partial charge in [0.25, 0.3) is 0 Å². The van der Waals surface area contributed by atoms with Crippen molar-refractivity contribution in [3.63, 3.8) is 0 Å². The molecule has 2 N–H and O–H groups in total. The summed E-state index contributed by atoms with van der Waals surface area (Å²) in [5.74, 6) is 0.683. The van der Waals surface area contributed by atoms with E-state index in [0.717, 1.165) is 28.1 Å². The molecule has 0 aliphatic rings. The van der Waals surface area contributed by atoms with Crippen molar-refractivity contribution in [1.29, 1.82) is 0 Å². The van der Waals surface area contributed by atoms with E-state index in [2.05, 4.69) is 20.4 Å². The van der Waals surface area contributed by atoms with Crippen molar-refractivity contribution in [3.05, 3.63) is 78.4 Å². The SMILES string of the molecule is O=C(Cc1cnn(-c2ccccc2)c1)NCc1nc2ccccc2[nH]1. The molecule has 0 aliphatic heterocycles. The first-order valence-electron chi connectivity index (χ1n) is 8.07. The van der Waals surface area contributed by atoms with Crippen molar-refractivity contribution in [2.75, 3.05) is 0 Å². The molecular weight excluding hydrogens is 314 g/mol. The zero-order chi connectivity index (χ0) is 17.1. The van der Waals surface area contributed by atoms with Crippen LogP contribution in [0.3, 0.4) is 0 Å². The number of imidazole rings is 1. The zero-order valence-electron chi connectivity index (χ0n) is 13.5.